The number of nitrogens with one attached hydrogen (secondary N) is 1. The lowest BCUT2D eigenvalue weighted by Crippen LogP contribution is -2.11. The highest BCUT2D eigenvalue weighted by atomic mass is 16.4. The number of aryl methyl sites for hydroxylation is 2. The molecule has 0 spiro atoms. The molecule has 0 radical (unpaired) electrons. The van der Waals surface area contributed by atoms with E-state index in [0.717, 1.165) is 55.8 Å². The predicted molar refractivity (Wildman–Crippen MR) is 128 cm³/mol. The topological polar surface area (TPSA) is 55.4 Å². The number of para-hydroxylation sites is 3. The van der Waals surface area contributed by atoms with E-state index in [2.05, 4.69) is 31.3 Å². The normalized spacial score (nSPS) is 11.5. The number of furan rings is 2. The zero-order chi connectivity index (χ0) is 22.2. The van der Waals surface area contributed by atoms with Gasteiger partial charge >= 0.3 is 0 Å². The number of carbonyl (C=O) groups is 1. The smallest absolute Gasteiger partial charge is 0.221 e. The molecule has 4 heteroatoms. The van der Waals surface area contributed by atoms with Crippen LogP contribution in [0.2, 0.25) is 0 Å². The van der Waals surface area contributed by atoms with Crippen molar-refractivity contribution in [2.45, 2.75) is 33.1 Å². The summed E-state index contributed by atoms with van der Waals surface area (Å²) >= 11 is 0. The third-order valence-corrected chi connectivity index (χ3v) is 6.15. The van der Waals surface area contributed by atoms with Gasteiger partial charge in [-0.05, 0) is 55.2 Å². The summed E-state index contributed by atoms with van der Waals surface area (Å²) in [6.07, 6.45) is 0.637. The van der Waals surface area contributed by atoms with Gasteiger partial charge in [0.2, 0.25) is 5.91 Å². The number of hydrogen-bond acceptors (Lipinski definition) is 3. The fraction of sp³-hybridized carbons (Fsp3) is 0.179. The molecule has 4 nitrogen and oxygen atoms in total. The maximum Gasteiger partial charge on any atom is 0.221 e. The third kappa shape index (κ3) is 3.48. The predicted octanol–water partition coefficient (Wildman–Crippen LogP) is 7.13. The van der Waals surface area contributed by atoms with E-state index in [1.54, 1.807) is 0 Å². The lowest BCUT2D eigenvalue weighted by atomic mass is 9.89. The van der Waals surface area contributed by atoms with Crippen LogP contribution in [0.4, 0.5) is 5.69 Å². The van der Waals surface area contributed by atoms with Crippen molar-refractivity contribution >= 4 is 33.5 Å². The molecule has 0 fully saturated rings. The zero-order valence-corrected chi connectivity index (χ0v) is 18.4. The first-order valence-corrected chi connectivity index (χ1v) is 10.8. The van der Waals surface area contributed by atoms with Crippen LogP contribution in [-0.4, -0.2) is 5.91 Å². The van der Waals surface area contributed by atoms with Gasteiger partial charge < -0.3 is 14.2 Å². The van der Waals surface area contributed by atoms with E-state index in [4.69, 9.17) is 8.83 Å². The van der Waals surface area contributed by atoms with E-state index >= 15 is 0 Å². The minimum atomic E-state index is -0.135. The first-order chi connectivity index (χ1) is 15.5. The van der Waals surface area contributed by atoms with Crippen LogP contribution >= 0.6 is 0 Å². The van der Waals surface area contributed by atoms with Crippen molar-refractivity contribution in [3.8, 4) is 0 Å². The molecule has 5 rings (SSSR count). The van der Waals surface area contributed by atoms with E-state index in [0.29, 0.717) is 6.42 Å². The Morgan fingerprint density at radius 2 is 1.28 bits per heavy atom. The van der Waals surface area contributed by atoms with Crippen molar-refractivity contribution in [2.75, 3.05) is 5.32 Å². The van der Waals surface area contributed by atoms with E-state index in [-0.39, 0.29) is 11.8 Å². The van der Waals surface area contributed by atoms with Gasteiger partial charge in [0.1, 0.15) is 22.7 Å². The minimum Gasteiger partial charge on any atom is -0.460 e. The molecule has 0 bridgehead atoms. The molecule has 0 unspecified atom stereocenters. The molecule has 2 heterocycles. The highest BCUT2D eigenvalue weighted by Crippen LogP contribution is 2.41. The van der Waals surface area contributed by atoms with Crippen LogP contribution in [-0.2, 0) is 11.2 Å². The summed E-state index contributed by atoms with van der Waals surface area (Å²) in [6, 6.07) is 24.1. The monoisotopic (exact) mass is 423 g/mol. The second kappa shape index (κ2) is 8.04. The number of benzene rings is 3. The van der Waals surface area contributed by atoms with Crippen LogP contribution in [0.15, 0.2) is 81.6 Å². The zero-order valence-electron chi connectivity index (χ0n) is 18.4. The molecule has 2 aromatic heterocycles. The summed E-state index contributed by atoms with van der Waals surface area (Å²) in [4.78, 5) is 11.8. The van der Waals surface area contributed by atoms with Crippen LogP contribution in [0.3, 0.4) is 0 Å². The Labute approximate surface area is 186 Å². The van der Waals surface area contributed by atoms with Gasteiger partial charge in [0.05, 0.1) is 5.92 Å². The average Bonchev–Trinajstić information content (AvgIpc) is 3.30. The molecule has 5 aromatic rings. The second-order valence-electron chi connectivity index (χ2n) is 8.27. The number of anilines is 1. The summed E-state index contributed by atoms with van der Waals surface area (Å²) in [7, 11) is 0. The lowest BCUT2D eigenvalue weighted by Gasteiger charge is -2.17. The fourth-order valence-electron chi connectivity index (χ4n) is 4.59. The summed E-state index contributed by atoms with van der Waals surface area (Å²) < 4.78 is 12.8. The Morgan fingerprint density at radius 3 is 1.81 bits per heavy atom. The second-order valence-corrected chi connectivity index (χ2v) is 8.27. The quantitative estimate of drug-likeness (QED) is 0.327. The molecule has 0 aliphatic rings. The molecule has 32 heavy (non-hydrogen) atoms. The molecular formula is C28H25NO3. The van der Waals surface area contributed by atoms with Gasteiger partial charge in [-0.2, -0.15) is 0 Å². The summed E-state index contributed by atoms with van der Waals surface area (Å²) in [5, 5.41) is 5.18. The SMILES string of the molecule is CC(=O)Nc1ccccc1CC(c1oc2ccccc2c1C)c1oc2ccccc2c1C. The molecule has 0 saturated heterocycles. The molecule has 3 aromatic carbocycles. The van der Waals surface area contributed by atoms with Gasteiger partial charge in [-0.15, -0.1) is 0 Å². The number of carbonyl (C=O) groups excluding carboxylic acids is 1. The van der Waals surface area contributed by atoms with Crippen molar-refractivity contribution in [3.63, 3.8) is 0 Å². The Balaban J connectivity index is 1.70. The molecular weight excluding hydrogens is 398 g/mol. The van der Waals surface area contributed by atoms with Gasteiger partial charge in [0, 0.05) is 23.4 Å². The van der Waals surface area contributed by atoms with E-state index in [1.165, 1.54) is 6.92 Å². The van der Waals surface area contributed by atoms with Crippen LogP contribution in [0.25, 0.3) is 21.9 Å². The number of amides is 1. The molecule has 0 aliphatic heterocycles. The largest absolute Gasteiger partial charge is 0.460 e. The third-order valence-electron chi connectivity index (χ3n) is 6.15. The minimum absolute atomic E-state index is 0.0890. The number of rotatable bonds is 5. The van der Waals surface area contributed by atoms with Crippen molar-refractivity contribution in [3.05, 3.63) is 101 Å². The van der Waals surface area contributed by atoms with E-state index < -0.39 is 0 Å². The first-order valence-electron chi connectivity index (χ1n) is 10.8. The van der Waals surface area contributed by atoms with E-state index in [9.17, 15) is 4.79 Å². The van der Waals surface area contributed by atoms with Gasteiger partial charge in [0.15, 0.2) is 0 Å². The number of fused-ring (bicyclic) bond motifs is 2. The maximum absolute atomic E-state index is 11.8. The van der Waals surface area contributed by atoms with Gasteiger partial charge in [-0.3, -0.25) is 4.79 Å². The van der Waals surface area contributed by atoms with Crippen molar-refractivity contribution in [1.82, 2.24) is 0 Å². The van der Waals surface area contributed by atoms with Crippen LogP contribution in [0.5, 0.6) is 0 Å². The van der Waals surface area contributed by atoms with Crippen molar-refractivity contribution < 1.29 is 13.6 Å². The van der Waals surface area contributed by atoms with Crippen LogP contribution in [0.1, 0.15) is 41.1 Å². The van der Waals surface area contributed by atoms with Gasteiger partial charge in [-0.1, -0.05) is 54.6 Å². The molecule has 1 amide bonds. The fourth-order valence-corrected chi connectivity index (χ4v) is 4.59. The Hall–Kier alpha value is -3.79. The first kappa shape index (κ1) is 20.1. The Kier molecular flexibility index (Phi) is 5.06. The Bertz CT molecular complexity index is 1360. The van der Waals surface area contributed by atoms with Crippen LogP contribution < -0.4 is 5.32 Å². The highest BCUT2D eigenvalue weighted by Gasteiger charge is 2.29. The standard InChI is InChI=1S/C28H25NO3/c1-17-21-11-5-8-14-25(21)31-27(17)23(16-20-10-4-7-13-24(20)29-19(3)30)28-18(2)22-12-6-9-15-26(22)32-28/h4-15,23H,16H2,1-3H3,(H,29,30). The van der Waals surface area contributed by atoms with E-state index in [1.807, 2.05) is 60.7 Å². The van der Waals surface area contributed by atoms with Crippen molar-refractivity contribution in [1.29, 1.82) is 0 Å². The van der Waals surface area contributed by atoms with Crippen molar-refractivity contribution in [2.24, 2.45) is 0 Å². The summed E-state index contributed by atoms with van der Waals surface area (Å²) in [6.45, 7) is 5.73. The molecule has 0 saturated carbocycles. The molecule has 0 aliphatic carbocycles. The van der Waals surface area contributed by atoms with Crippen LogP contribution in [0, 0.1) is 13.8 Å². The summed E-state index contributed by atoms with van der Waals surface area (Å²) in [5.74, 6) is 1.57. The lowest BCUT2D eigenvalue weighted by molar-refractivity contribution is -0.114. The number of hydrogen-bond donors (Lipinski definition) is 1. The highest BCUT2D eigenvalue weighted by molar-refractivity contribution is 5.89. The van der Waals surface area contributed by atoms with Gasteiger partial charge in [-0.25, -0.2) is 0 Å². The molecule has 1 N–H and O–H groups in total. The Morgan fingerprint density at radius 1 is 0.781 bits per heavy atom. The molecule has 0 atom stereocenters. The average molecular weight is 424 g/mol. The van der Waals surface area contributed by atoms with Gasteiger partial charge in [0.25, 0.3) is 0 Å². The maximum atomic E-state index is 11.8. The summed E-state index contributed by atoms with van der Waals surface area (Å²) in [5.41, 5.74) is 5.81. The molecule has 160 valence electrons.